The first-order chi connectivity index (χ1) is 16.4. The highest BCUT2D eigenvalue weighted by molar-refractivity contribution is 6.03. The molecule has 1 fully saturated rings. The highest BCUT2D eigenvalue weighted by atomic mass is 16.5. The van der Waals surface area contributed by atoms with Crippen molar-refractivity contribution in [2.75, 3.05) is 6.61 Å². The summed E-state index contributed by atoms with van der Waals surface area (Å²) in [7, 11) is 0. The summed E-state index contributed by atoms with van der Waals surface area (Å²) >= 11 is 0. The molecule has 1 saturated carbocycles. The summed E-state index contributed by atoms with van der Waals surface area (Å²) in [6.07, 6.45) is 4.07. The second kappa shape index (κ2) is 10.3. The van der Waals surface area contributed by atoms with Crippen LogP contribution in [0.25, 0.3) is 16.5 Å². The summed E-state index contributed by atoms with van der Waals surface area (Å²) in [5.74, 6) is -1.29. The average molecular weight is 463 g/mol. The van der Waals surface area contributed by atoms with E-state index in [4.69, 9.17) is 4.74 Å². The van der Waals surface area contributed by atoms with Crippen LogP contribution in [0.2, 0.25) is 0 Å². The molecule has 1 aliphatic carbocycles. The second-order valence-electron chi connectivity index (χ2n) is 8.41. The molecule has 2 atom stereocenters. The largest absolute Gasteiger partial charge is 0.451 e. The molecule has 0 aliphatic heterocycles. The summed E-state index contributed by atoms with van der Waals surface area (Å²) in [6.45, 7) is 1.41. The van der Waals surface area contributed by atoms with E-state index in [-0.39, 0.29) is 17.3 Å². The fraction of sp³-hybridized carbons (Fsp3) is 0.320. The molecule has 0 spiro atoms. The van der Waals surface area contributed by atoms with Gasteiger partial charge >= 0.3 is 12.0 Å². The molecule has 1 aromatic heterocycles. The van der Waals surface area contributed by atoms with E-state index in [1.165, 1.54) is 0 Å². The molecule has 0 radical (unpaired) electrons. The Morgan fingerprint density at radius 2 is 1.68 bits per heavy atom. The molecule has 3 aromatic rings. The highest BCUT2D eigenvalue weighted by Gasteiger charge is 2.24. The van der Waals surface area contributed by atoms with Crippen molar-refractivity contribution in [1.29, 1.82) is 0 Å². The minimum absolute atomic E-state index is 0.0127. The molecular weight excluding hydrogens is 436 g/mol. The molecule has 0 saturated heterocycles. The van der Waals surface area contributed by atoms with Gasteiger partial charge < -0.3 is 10.1 Å². The van der Waals surface area contributed by atoms with E-state index in [1.54, 1.807) is 54.6 Å². The summed E-state index contributed by atoms with van der Waals surface area (Å²) in [6, 6.07) is 14.6. The van der Waals surface area contributed by atoms with E-state index in [0.29, 0.717) is 22.4 Å². The van der Waals surface area contributed by atoms with Crippen molar-refractivity contribution < 1.29 is 19.1 Å². The zero-order chi connectivity index (χ0) is 24.1. The number of fused-ring (bicyclic) bond motifs is 1. The standard InChI is InChI=1S/C25H26N4O5/c1-16-9-5-8-14-20(16)26-25(33)27-21(30)15-34-24(32)22-18-12-6-7-13-19(18)23(31)29(28-22)17-10-3-2-4-11-17/h2-4,6-7,10-13,16,20H,5,8-9,14-15H2,1H3,(H2,26,27,30,33)/t16-,20+/m1/s1. The van der Waals surface area contributed by atoms with E-state index in [9.17, 15) is 19.2 Å². The van der Waals surface area contributed by atoms with Gasteiger partial charge in [0.05, 0.1) is 11.1 Å². The summed E-state index contributed by atoms with van der Waals surface area (Å²) in [5, 5.41) is 9.83. The fourth-order valence-corrected chi connectivity index (χ4v) is 4.18. The molecule has 2 aromatic carbocycles. The van der Waals surface area contributed by atoms with Crippen LogP contribution in [-0.2, 0) is 9.53 Å². The molecule has 3 amide bonds. The van der Waals surface area contributed by atoms with Gasteiger partial charge in [-0.2, -0.15) is 9.78 Å². The number of para-hydroxylation sites is 1. The maximum atomic E-state index is 12.9. The third kappa shape index (κ3) is 5.14. The third-order valence-corrected chi connectivity index (χ3v) is 6.01. The molecule has 1 aliphatic rings. The lowest BCUT2D eigenvalue weighted by Crippen LogP contribution is -2.48. The zero-order valence-corrected chi connectivity index (χ0v) is 18.8. The van der Waals surface area contributed by atoms with Gasteiger partial charge in [-0.3, -0.25) is 14.9 Å². The molecule has 9 nitrogen and oxygen atoms in total. The quantitative estimate of drug-likeness (QED) is 0.563. The van der Waals surface area contributed by atoms with Crippen molar-refractivity contribution in [3.05, 3.63) is 70.6 Å². The van der Waals surface area contributed by atoms with Crippen LogP contribution in [0.3, 0.4) is 0 Å². The monoisotopic (exact) mass is 462 g/mol. The number of nitrogens with zero attached hydrogens (tertiary/aromatic N) is 2. The van der Waals surface area contributed by atoms with E-state index in [2.05, 4.69) is 22.7 Å². The first-order valence-electron chi connectivity index (χ1n) is 11.3. The van der Waals surface area contributed by atoms with Crippen molar-refractivity contribution in [2.45, 2.75) is 38.6 Å². The normalized spacial score (nSPS) is 17.7. The van der Waals surface area contributed by atoms with Crippen molar-refractivity contribution in [2.24, 2.45) is 5.92 Å². The van der Waals surface area contributed by atoms with Crippen LogP contribution in [0.15, 0.2) is 59.4 Å². The van der Waals surface area contributed by atoms with Gasteiger partial charge in [-0.15, -0.1) is 0 Å². The fourth-order valence-electron chi connectivity index (χ4n) is 4.18. The van der Waals surface area contributed by atoms with Gasteiger partial charge in [-0.05, 0) is 37.0 Å². The van der Waals surface area contributed by atoms with E-state index >= 15 is 0 Å². The number of ether oxygens (including phenoxy) is 1. The third-order valence-electron chi connectivity index (χ3n) is 6.01. The zero-order valence-electron chi connectivity index (χ0n) is 18.8. The van der Waals surface area contributed by atoms with Crippen LogP contribution in [-0.4, -0.2) is 40.3 Å². The number of esters is 1. The van der Waals surface area contributed by atoms with Gasteiger partial charge in [-0.25, -0.2) is 9.59 Å². The highest BCUT2D eigenvalue weighted by Crippen LogP contribution is 2.23. The van der Waals surface area contributed by atoms with Crippen molar-refractivity contribution in [3.63, 3.8) is 0 Å². The van der Waals surface area contributed by atoms with Crippen molar-refractivity contribution in [3.8, 4) is 5.69 Å². The Morgan fingerprint density at radius 1 is 1.00 bits per heavy atom. The molecule has 0 bridgehead atoms. The first-order valence-corrected chi connectivity index (χ1v) is 11.3. The number of hydrogen-bond acceptors (Lipinski definition) is 6. The molecule has 0 unspecified atom stereocenters. The van der Waals surface area contributed by atoms with Crippen LogP contribution >= 0.6 is 0 Å². The number of amides is 3. The van der Waals surface area contributed by atoms with Gasteiger partial charge in [0.2, 0.25) is 0 Å². The number of imide groups is 1. The number of urea groups is 1. The van der Waals surface area contributed by atoms with Gasteiger partial charge in [-0.1, -0.05) is 56.2 Å². The van der Waals surface area contributed by atoms with E-state index < -0.39 is 24.5 Å². The minimum atomic E-state index is -0.877. The number of rotatable bonds is 5. The Morgan fingerprint density at radius 3 is 2.41 bits per heavy atom. The lowest BCUT2D eigenvalue weighted by Gasteiger charge is -2.29. The van der Waals surface area contributed by atoms with Crippen LogP contribution in [0.4, 0.5) is 4.79 Å². The predicted molar refractivity (Wildman–Crippen MR) is 126 cm³/mol. The number of nitrogens with one attached hydrogen (secondary N) is 2. The molecule has 176 valence electrons. The summed E-state index contributed by atoms with van der Waals surface area (Å²) in [5.41, 5.74) is -0.00398. The minimum Gasteiger partial charge on any atom is -0.451 e. The number of hydrogen-bond donors (Lipinski definition) is 2. The van der Waals surface area contributed by atoms with Crippen molar-refractivity contribution in [1.82, 2.24) is 20.4 Å². The van der Waals surface area contributed by atoms with Crippen LogP contribution in [0.1, 0.15) is 43.1 Å². The van der Waals surface area contributed by atoms with Crippen LogP contribution in [0, 0.1) is 5.92 Å². The van der Waals surface area contributed by atoms with Crippen molar-refractivity contribution >= 4 is 28.7 Å². The van der Waals surface area contributed by atoms with Crippen LogP contribution in [0.5, 0.6) is 0 Å². The lowest BCUT2D eigenvalue weighted by molar-refractivity contribution is -0.123. The Labute approximate surface area is 196 Å². The smallest absolute Gasteiger partial charge is 0.359 e. The molecule has 9 heteroatoms. The Balaban J connectivity index is 1.46. The molecular formula is C25H26N4O5. The SMILES string of the molecule is C[C@@H]1CCCC[C@@H]1NC(=O)NC(=O)COC(=O)c1nn(-c2ccccc2)c(=O)c2ccccc12. The maximum Gasteiger partial charge on any atom is 0.359 e. The Bertz CT molecular complexity index is 1270. The van der Waals surface area contributed by atoms with Crippen LogP contribution < -0.4 is 16.2 Å². The van der Waals surface area contributed by atoms with E-state index in [1.807, 2.05) is 0 Å². The van der Waals surface area contributed by atoms with Gasteiger partial charge in [0.25, 0.3) is 11.5 Å². The number of benzene rings is 2. The molecule has 34 heavy (non-hydrogen) atoms. The average Bonchev–Trinajstić information content (AvgIpc) is 2.85. The summed E-state index contributed by atoms with van der Waals surface area (Å²) in [4.78, 5) is 50.1. The van der Waals surface area contributed by atoms with E-state index in [0.717, 1.165) is 30.4 Å². The summed E-state index contributed by atoms with van der Waals surface area (Å²) < 4.78 is 6.25. The van der Waals surface area contributed by atoms with Gasteiger partial charge in [0.15, 0.2) is 12.3 Å². The lowest BCUT2D eigenvalue weighted by atomic mass is 9.86. The Kier molecular flexibility index (Phi) is 7.01. The number of carbonyl (C=O) groups is 3. The Hall–Kier alpha value is -4.01. The topological polar surface area (TPSA) is 119 Å². The second-order valence-corrected chi connectivity index (χ2v) is 8.41. The number of aromatic nitrogens is 2. The molecule has 4 rings (SSSR count). The molecule has 2 N–H and O–H groups in total. The van der Waals surface area contributed by atoms with Gasteiger partial charge in [0.1, 0.15) is 0 Å². The first kappa shape index (κ1) is 23.2. The number of carbonyl (C=O) groups excluding carboxylic acids is 3. The molecule has 1 heterocycles. The van der Waals surface area contributed by atoms with Gasteiger partial charge in [0, 0.05) is 11.4 Å². The predicted octanol–water partition coefficient (Wildman–Crippen LogP) is 2.95. The maximum absolute atomic E-state index is 12.9.